The average molecular weight is 920 g/mol. The van der Waals surface area contributed by atoms with E-state index >= 15 is 0 Å². The van der Waals surface area contributed by atoms with Crippen molar-refractivity contribution in [2.45, 2.75) is 336 Å². The third-order valence-electron chi connectivity index (χ3n) is 13.5. The molecule has 0 aliphatic heterocycles. The molecule has 65 heavy (non-hydrogen) atoms. The summed E-state index contributed by atoms with van der Waals surface area (Å²) in [6.45, 7) is 11.4. The smallest absolute Gasteiger partial charge is 0.306 e. The highest BCUT2D eigenvalue weighted by atomic mass is 16.6. The molecule has 0 aromatic carbocycles. The predicted octanol–water partition coefficient (Wildman–Crippen LogP) is 19.3. The fourth-order valence-corrected chi connectivity index (χ4v) is 9.05. The monoisotopic (exact) mass is 919 g/mol. The van der Waals surface area contributed by atoms with E-state index in [9.17, 15) is 14.4 Å². The molecule has 6 nitrogen and oxygen atoms in total. The molecule has 0 unspecified atom stereocenters. The summed E-state index contributed by atoms with van der Waals surface area (Å²) in [5.74, 6) is 0.840. The molecular formula is C59H114O6. The van der Waals surface area contributed by atoms with E-state index in [1.807, 2.05) is 0 Å². The number of ether oxygens (including phenoxy) is 3. The molecule has 0 spiro atoms. The van der Waals surface area contributed by atoms with Crippen molar-refractivity contribution in [2.24, 2.45) is 11.8 Å². The van der Waals surface area contributed by atoms with Gasteiger partial charge in [0.2, 0.25) is 0 Å². The highest BCUT2D eigenvalue weighted by molar-refractivity contribution is 5.71. The first-order chi connectivity index (χ1) is 31.7. The normalized spacial score (nSPS) is 12.0. The van der Waals surface area contributed by atoms with Crippen molar-refractivity contribution in [3.05, 3.63) is 0 Å². The minimum atomic E-state index is -0.762. The van der Waals surface area contributed by atoms with Crippen molar-refractivity contribution >= 4 is 17.9 Å². The van der Waals surface area contributed by atoms with Crippen LogP contribution in [0.1, 0.15) is 330 Å². The first kappa shape index (κ1) is 63.4. The molecule has 0 saturated carbocycles. The maximum absolute atomic E-state index is 12.9. The number of carbonyl (C=O) groups excluding carboxylic acids is 3. The SMILES string of the molecule is CCCCCCCCCCCCCCCCC(=O)OC[C@@H](COC(=O)CCCCCCCCCCCCCC(C)C)OC(=O)CCCCCCCCCCCCCCCCCCC(C)C. The second-order valence-electron chi connectivity index (χ2n) is 21.2. The Morgan fingerprint density at radius 3 is 0.754 bits per heavy atom. The van der Waals surface area contributed by atoms with Gasteiger partial charge in [0.25, 0.3) is 0 Å². The zero-order valence-corrected chi connectivity index (χ0v) is 44.6. The van der Waals surface area contributed by atoms with Crippen LogP contribution in [0.3, 0.4) is 0 Å². The molecule has 0 aromatic heterocycles. The third kappa shape index (κ3) is 53.2. The van der Waals surface area contributed by atoms with Gasteiger partial charge in [-0.2, -0.15) is 0 Å². The van der Waals surface area contributed by atoms with Gasteiger partial charge in [-0.1, -0.05) is 291 Å². The van der Waals surface area contributed by atoms with Gasteiger partial charge in [-0.3, -0.25) is 14.4 Å². The molecule has 0 radical (unpaired) electrons. The minimum absolute atomic E-state index is 0.0625. The number of hydrogen-bond donors (Lipinski definition) is 0. The van der Waals surface area contributed by atoms with Crippen LogP contribution < -0.4 is 0 Å². The lowest BCUT2D eigenvalue weighted by molar-refractivity contribution is -0.167. The number of esters is 3. The summed E-state index contributed by atoms with van der Waals surface area (Å²) in [5.41, 5.74) is 0. The van der Waals surface area contributed by atoms with E-state index in [0.717, 1.165) is 69.6 Å². The van der Waals surface area contributed by atoms with E-state index in [1.165, 1.54) is 218 Å². The Hall–Kier alpha value is -1.59. The molecule has 0 amide bonds. The summed E-state index contributed by atoms with van der Waals surface area (Å²) in [6.07, 6.45) is 55.2. The summed E-state index contributed by atoms with van der Waals surface area (Å²) in [6, 6.07) is 0. The van der Waals surface area contributed by atoms with E-state index in [4.69, 9.17) is 14.2 Å². The van der Waals surface area contributed by atoms with E-state index in [1.54, 1.807) is 0 Å². The molecule has 0 bridgehead atoms. The van der Waals surface area contributed by atoms with Crippen LogP contribution in [0.4, 0.5) is 0 Å². The summed E-state index contributed by atoms with van der Waals surface area (Å²) < 4.78 is 16.9. The lowest BCUT2D eigenvalue weighted by Crippen LogP contribution is -2.30. The lowest BCUT2D eigenvalue weighted by Gasteiger charge is -2.18. The standard InChI is InChI=1S/C59H114O6/c1-6-7-8-9-10-11-12-13-19-24-29-34-39-44-49-57(60)63-52-56(53-64-58(61)50-45-40-35-30-26-21-23-28-33-38-43-48-55(4)5)65-59(62)51-46-41-36-31-25-20-17-15-14-16-18-22-27-32-37-42-47-54(2)3/h54-56H,6-53H2,1-5H3/t56-/m0/s1. The average Bonchev–Trinajstić information content (AvgIpc) is 3.28. The summed E-state index contributed by atoms with van der Waals surface area (Å²) >= 11 is 0. The highest BCUT2D eigenvalue weighted by Gasteiger charge is 2.19. The largest absolute Gasteiger partial charge is 0.462 e. The molecule has 0 N–H and O–H groups in total. The van der Waals surface area contributed by atoms with Crippen LogP contribution in [0.15, 0.2) is 0 Å². The molecule has 0 heterocycles. The summed E-state index contributed by atoms with van der Waals surface area (Å²) in [7, 11) is 0. The van der Waals surface area contributed by atoms with E-state index in [-0.39, 0.29) is 31.1 Å². The highest BCUT2D eigenvalue weighted by Crippen LogP contribution is 2.18. The van der Waals surface area contributed by atoms with Crippen molar-refractivity contribution in [2.75, 3.05) is 13.2 Å². The van der Waals surface area contributed by atoms with Crippen LogP contribution in [0, 0.1) is 11.8 Å². The summed E-state index contributed by atoms with van der Waals surface area (Å²) in [4.78, 5) is 38.1. The van der Waals surface area contributed by atoms with Gasteiger partial charge in [0, 0.05) is 19.3 Å². The van der Waals surface area contributed by atoms with Gasteiger partial charge in [-0.25, -0.2) is 0 Å². The van der Waals surface area contributed by atoms with E-state index in [0.29, 0.717) is 19.3 Å². The first-order valence-electron chi connectivity index (χ1n) is 29.2. The molecule has 1 atom stereocenters. The molecule has 0 rings (SSSR count). The predicted molar refractivity (Wildman–Crippen MR) is 280 cm³/mol. The van der Waals surface area contributed by atoms with E-state index in [2.05, 4.69) is 34.6 Å². The number of hydrogen-bond acceptors (Lipinski definition) is 6. The van der Waals surface area contributed by atoms with Crippen LogP contribution in [-0.2, 0) is 28.6 Å². The maximum Gasteiger partial charge on any atom is 0.306 e. The Balaban J connectivity index is 4.29. The van der Waals surface area contributed by atoms with Gasteiger partial charge >= 0.3 is 17.9 Å². The van der Waals surface area contributed by atoms with Gasteiger partial charge in [0.15, 0.2) is 6.10 Å². The van der Waals surface area contributed by atoms with Crippen LogP contribution in [0.2, 0.25) is 0 Å². The van der Waals surface area contributed by atoms with Crippen molar-refractivity contribution in [1.82, 2.24) is 0 Å². The Morgan fingerprint density at radius 1 is 0.292 bits per heavy atom. The Kier molecular flexibility index (Phi) is 50.5. The fourth-order valence-electron chi connectivity index (χ4n) is 9.05. The van der Waals surface area contributed by atoms with Crippen molar-refractivity contribution in [3.63, 3.8) is 0 Å². The second kappa shape index (κ2) is 51.8. The van der Waals surface area contributed by atoms with Crippen LogP contribution in [0.25, 0.3) is 0 Å². The topological polar surface area (TPSA) is 78.9 Å². The van der Waals surface area contributed by atoms with Gasteiger partial charge in [0.1, 0.15) is 13.2 Å². The van der Waals surface area contributed by atoms with Crippen LogP contribution in [-0.4, -0.2) is 37.2 Å². The Labute approximate surface area is 406 Å². The zero-order valence-electron chi connectivity index (χ0n) is 44.6. The molecular weight excluding hydrogens is 805 g/mol. The fraction of sp³-hybridized carbons (Fsp3) is 0.949. The molecule has 386 valence electrons. The number of carbonyl (C=O) groups is 3. The third-order valence-corrected chi connectivity index (χ3v) is 13.5. The van der Waals surface area contributed by atoms with Crippen LogP contribution in [0.5, 0.6) is 0 Å². The number of unbranched alkanes of at least 4 members (excludes halogenated alkanes) is 38. The quantitative estimate of drug-likeness (QED) is 0.0344. The van der Waals surface area contributed by atoms with Crippen molar-refractivity contribution in [1.29, 1.82) is 0 Å². The zero-order chi connectivity index (χ0) is 47.5. The van der Waals surface area contributed by atoms with Gasteiger partial charge in [0.05, 0.1) is 0 Å². The minimum Gasteiger partial charge on any atom is -0.462 e. The summed E-state index contributed by atoms with van der Waals surface area (Å²) in [5, 5.41) is 0. The Bertz CT molecular complexity index is 993. The van der Waals surface area contributed by atoms with E-state index < -0.39 is 6.10 Å². The van der Waals surface area contributed by atoms with Gasteiger partial charge < -0.3 is 14.2 Å². The van der Waals surface area contributed by atoms with Gasteiger partial charge in [-0.05, 0) is 31.1 Å². The maximum atomic E-state index is 12.9. The second-order valence-corrected chi connectivity index (χ2v) is 21.2. The number of rotatable bonds is 53. The van der Waals surface area contributed by atoms with Crippen LogP contribution >= 0.6 is 0 Å². The molecule has 0 saturated heterocycles. The molecule has 0 fully saturated rings. The lowest BCUT2D eigenvalue weighted by atomic mass is 10.0. The first-order valence-corrected chi connectivity index (χ1v) is 29.2. The van der Waals surface area contributed by atoms with Crippen molar-refractivity contribution < 1.29 is 28.6 Å². The molecule has 0 aliphatic rings. The Morgan fingerprint density at radius 2 is 0.508 bits per heavy atom. The van der Waals surface area contributed by atoms with Gasteiger partial charge in [-0.15, -0.1) is 0 Å². The van der Waals surface area contributed by atoms with Crippen molar-refractivity contribution in [3.8, 4) is 0 Å². The molecule has 0 aliphatic carbocycles. The molecule has 0 aromatic rings. The molecule has 6 heteroatoms.